The molecule has 0 unspecified atom stereocenters. The van der Waals surface area contributed by atoms with Crippen LogP contribution < -0.4 is 5.32 Å². The Labute approximate surface area is 187 Å². The minimum absolute atomic E-state index is 0.0744. The van der Waals surface area contributed by atoms with E-state index in [2.05, 4.69) is 5.32 Å². The third kappa shape index (κ3) is 2.80. The number of likely N-dealkylation sites (tertiary alicyclic amines) is 1. The van der Waals surface area contributed by atoms with Gasteiger partial charge in [-0.25, -0.2) is 0 Å². The molecule has 9 heteroatoms. The van der Waals surface area contributed by atoms with Crippen molar-refractivity contribution in [1.29, 1.82) is 0 Å². The second-order valence-corrected chi connectivity index (χ2v) is 8.51. The van der Waals surface area contributed by atoms with Crippen molar-refractivity contribution in [2.75, 3.05) is 18.9 Å². The summed E-state index contributed by atoms with van der Waals surface area (Å²) in [6.07, 6.45) is 1.40. The van der Waals surface area contributed by atoms with Crippen LogP contribution in [-0.4, -0.2) is 35.1 Å². The normalized spacial score (nSPS) is 24.5. The number of nitrogens with zero attached hydrogens (tertiary/aromatic N) is 2. The van der Waals surface area contributed by atoms with Crippen LogP contribution in [0.4, 0.5) is 11.4 Å². The predicted octanol–water partition coefficient (Wildman–Crippen LogP) is 4.22. The number of ketones is 1. The van der Waals surface area contributed by atoms with Gasteiger partial charge in [0.1, 0.15) is 5.54 Å². The quantitative estimate of drug-likeness (QED) is 0.361. The molecule has 1 aromatic heterocycles. The monoisotopic (exact) mass is 451 g/mol. The van der Waals surface area contributed by atoms with Crippen LogP contribution in [0.15, 0.2) is 65.3 Å². The Morgan fingerprint density at radius 1 is 1.25 bits per heavy atom. The molecule has 3 atom stereocenters. The maximum atomic E-state index is 13.8. The van der Waals surface area contributed by atoms with Gasteiger partial charge < -0.3 is 9.73 Å². The number of anilines is 1. The van der Waals surface area contributed by atoms with Crippen molar-refractivity contribution in [3.63, 3.8) is 0 Å². The molecule has 32 heavy (non-hydrogen) atoms. The van der Waals surface area contributed by atoms with E-state index >= 15 is 0 Å². The first-order valence-corrected chi connectivity index (χ1v) is 10.4. The standard InChI is InChI=1S/C23H18ClN3O5/c1-26-12-16(13-4-2-5-15(10-13)27(30)31)20(21(28)19-6-3-9-32-19)23(26)17-11-14(24)7-8-18(17)25-22(23)29/h2-11,16,20H,12H2,1H3,(H,25,29)/t16-,20+,23-/m1/s1. The highest BCUT2D eigenvalue weighted by molar-refractivity contribution is 6.31. The summed E-state index contributed by atoms with van der Waals surface area (Å²) in [5, 5.41) is 14.7. The molecular weight excluding hydrogens is 434 g/mol. The highest BCUT2D eigenvalue weighted by atomic mass is 35.5. The summed E-state index contributed by atoms with van der Waals surface area (Å²) in [6.45, 7) is 0.331. The molecule has 2 aliphatic heterocycles. The Hall–Kier alpha value is -3.49. The maximum Gasteiger partial charge on any atom is 0.269 e. The van der Waals surface area contributed by atoms with Crippen molar-refractivity contribution in [2.24, 2.45) is 5.92 Å². The number of rotatable bonds is 4. The number of carbonyl (C=O) groups excluding carboxylic acids is 2. The fourth-order valence-electron chi connectivity index (χ4n) is 5.15. The van der Waals surface area contributed by atoms with Crippen LogP contribution in [0.25, 0.3) is 0 Å². The van der Waals surface area contributed by atoms with E-state index < -0.39 is 22.3 Å². The van der Waals surface area contributed by atoms with Gasteiger partial charge in [-0.2, -0.15) is 0 Å². The lowest BCUT2D eigenvalue weighted by atomic mass is 9.71. The molecule has 2 aliphatic rings. The van der Waals surface area contributed by atoms with Gasteiger partial charge in [-0.1, -0.05) is 23.7 Å². The largest absolute Gasteiger partial charge is 0.461 e. The number of nitrogens with one attached hydrogen (secondary N) is 1. The number of furan rings is 1. The summed E-state index contributed by atoms with van der Waals surface area (Å²) in [6, 6.07) is 14.5. The van der Waals surface area contributed by atoms with Crippen molar-refractivity contribution in [3.8, 4) is 0 Å². The summed E-state index contributed by atoms with van der Waals surface area (Å²) >= 11 is 6.28. The van der Waals surface area contributed by atoms with E-state index in [1.165, 1.54) is 18.4 Å². The van der Waals surface area contributed by atoms with Crippen LogP contribution in [0, 0.1) is 16.0 Å². The SMILES string of the molecule is CN1C[C@H](c2cccc([N+](=O)[O-])c2)[C@@H](C(=O)c2ccco2)[C@]12C(=O)Nc1ccc(Cl)cc12. The summed E-state index contributed by atoms with van der Waals surface area (Å²) < 4.78 is 5.40. The Morgan fingerprint density at radius 2 is 2.06 bits per heavy atom. The van der Waals surface area contributed by atoms with Crippen LogP contribution in [-0.2, 0) is 10.3 Å². The maximum absolute atomic E-state index is 13.8. The number of nitro groups is 1. The third-order valence-corrected chi connectivity index (χ3v) is 6.70. The Morgan fingerprint density at radius 3 is 2.78 bits per heavy atom. The number of likely N-dealkylation sites (N-methyl/N-ethyl adjacent to an activating group) is 1. The molecule has 0 saturated carbocycles. The topological polar surface area (TPSA) is 106 Å². The Balaban J connectivity index is 1.74. The highest BCUT2D eigenvalue weighted by Gasteiger charge is 2.64. The molecule has 0 bridgehead atoms. The van der Waals surface area contributed by atoms with Crippen molar-refractivity contribution in [2.45, 2.75) is 11.5 Å². The zero-order valence-electron chi connectivity index (χ0n) is 16.9. The van der Waals surface area contributed by atoms with Crippen LogP contribution in [0.2, 0.25) is 5.02 Å². The van der Waals surface area contributed by atoms with Gasteiger partial charge in [0.05, 0.1) is 17.1 Å². The van der Waals surface area contributed by atoms with Crippen LogP contribution in [0.3, 0.4) is 0 Å². The van der Waals surface area contributed by atoms with E-state index in [1.54, 1.807) is 49.5 Å². The molecule has 0 radical (unpaired) electrons. The predicted molar refractivity (Wildman–Crippen MR) is 117 cm³/mol. The number of hydrogen-bond acceptors (Lipinski definition) is 6. The fourth-order valence-corrected chi connectivity index (χ4v) is 5.32. The van der Waals surface area contributed by atoms with Gasteiger partial charge in [-0.3, -0.25) is 24.6 Å². The fraction of sp³-hybridized carbons (Fsp3) is 0.217. The summed E-state index contributed by atoms with van der Waals surface area (Å²) in [5.41, 5.74) is 0.392. The number of halogens is 1. The molecule has 1 fully saturated rings. The van der Waals surface area contributed by atoms with Gasteiger partial charge in [0, 0.05) is 40.9 Å². The van der Waals surface area contributed by atoms with E-state index in [1.807, 2.05) is 4.90 Å². The molecule has 1 saturated heterocycles. The van der Waals surface area contributed by atoms with Gasteiger partial charge in [-0.05, 0) is 42.9 Å². The number of nitro benzene ring substituents is 1. The van der Waals surface area contributed by atoms with E-state index in [-0.39, 0.29) is 23.1 Å². The minimum atomic E-state index is -1.33. The summed E-state index contributed by atoms with van der Waals surface area (Å²) in [5.74, 6) is -1.94. The van der Waals surface area contributed by atoms with Gasteiger partial charge in [0.25, 0.3) is 5.69 Å². The molecule has 1 amide bonds. The smallest absolute Gasteiger partial charge is 0.269 e. The second kappa shape index (κ2) is 7.29. The zero-order valence-corrected chi connectivity index (χ0v) is 17.7. The van der Waals surface area contributed by atoms with Gasteiger partial charge in [-0.15, -0.1) is 0 Å². The molecule has 1 spiro atoms. The highest BCUT2D eigenvalue weighted by Crippen LogP contribution is 2.56. The Kier molecular flexibility index (Phi) is 4.65. The number of Topliss-reactive ketones (excluding diaryl/α,β-unsaturated/α-hetero) is 1. The molecule has 0 aliphatic carbocycles. The van der Waals surface area contributed by atoms with Crippen molar-refractivity contribution in [3.05, 3.63) is 92.9 Å². The molecule has 3 aromatic rings. The number of amides is 1. The zero-order chi connectivity index (χ0) is 22.6. The molecule has 8 nitrogen and oxygen atoms in total. The van der Waals surface area contributed by atoms with E-state index in [4.69, 9.17) is 16.0 Å². The number of carbonyl (C=O) groups is 2. The first-order valence-electron chi connectivity index (χ1n) is 9.99. The van der Waals surface area contributed by atoms with Gasteiger partial charge in [0.15, 0.2) is 5.76 Å². The van der Waals surface area contributed by atoms with Crippen LogP contribution in [0.1, 0.15) is 27.6 Å². The van der Waals surface area contributed by atoms with Crippen molar-refractivity contribution in [1.82, 2.24) is 4.90 Å². The summed E-state index contributed by atoms with van der Waals surface area (Å²) in [7, 11) is 1.77. The summed E-state index contributed by atoms with van der Waals surface area (Å²) in [4.78, 5) is 40.0. The number of hydrogen-bond donors (Lipinski definition) is 1. The first kappa shape index (κ1) is 20.4. The van der Waals surface area contributed by atoms with Crippen molar-refractivity contribution < 1.29 is 18.9 Å². The molecule has 5 rings (SSSR count). The van der Waals surface area contributed by atoms with E-state index in [0.29, 0.717) is 28.4 Å². The lowest BCUT2D eigenvalue weighted by molar-refractivity contribution is -0.384. The van der Waals surface area contributed by atoms with E-state index in [0.717, 1.165) is 0 Å². The minimum Gasteiger partial charge on any atom is -0.461 e. The van der Waals surface area contributed by atoms with Crippen LogP contribution >= 0.6 is 11.6 Å². The van der Waals surface area contributed by atoms with Crippen molar-refractivity contribution >= 4 is 34.7 Å². The lowest BCUT2D eigenvalue weighted by Crippen LogP contribution is -2.51. The average Bonchev–Trinajstić information content (AvgIpc) is 3.47. The van der Waals surface area contributed by atoms with Gasteiger partial charge >= 0.3 is 0 Å². The number of fused-ring (bicyclic) bond motifs is 2. The molecule has 1 N–H and O–H groups in total. The third-order valence-electron chi connectivity index (χ3n) is 6.47. The molecular formula is C23H18ClN3O5. The van der Waals surface area contributed by atoms with Gasteiger partial charge in [0.2, 0.25) is 11.7 Å². The number of non-ortho nitro benzene ring substituents is 1. The molecule has 3 heterocycles. The molecule has 162 valence electrons. The lowest BCUT2D eigenvalue weighted by Gasteiger charge is -2.35. The van der Waals surface area contributed by atoms with E-state index in [9.17, 15) is 19.7 Å². The molecule has 2 aromatic carbocycles. The Bertz CT molecular complexity index is 1260. The second-order valence-electron chi connectivity index (χ2n) is 8.07. The first-order chi connectivity index (χ1) is 15.3. The van der Waals surface area contributed by atoms with Crippen LogP contribution in [0.5, 0.6) is 0 Å². The average molecular weight is 452 g/mol. The number of benzene rings is 2.